The molecule has 1 unspecified atom stereocenters. The zero-order valence-corrected chi connectivity index (χ0v) is 20.0. The number of aliphatic imine (C=N–C) groups is 1. The SMILES string of the molecule is Cc1ccc(CN=C(NCC2CCN(S(C)(=O)=O)C2)Nc2ccccc2)cc1.I. The van der Waals surface area contributed by atoms with E-state index >= 15 is 0 Å². The molecule has 2 N–H and O–H groups in total. The van der Waals surface area contributed by atoms with Gasteiger partial charge in [0.1, 0.15) is 0 Å². The van der Waals surface area contributed by atoms with Gasteiger partial charge in [-0.05, 0) is 37.0 Å². The molecule has 2 aromatic rings. The summed E-state index contributed by atoms with van der Waals surface area (Å²) in [5.74, 6) is 0.974. The van der Waals surface area contributed by atoms with E-state index in [-0.39, 0.29) is 29.9 Å². The highest BCUT2D eigenvalue weighted by atomic mass is 127. The quantitative estimate of drug-likeness (QED) is 0.342. The van der Waals surface area contributed by atoms with Gasteiger partial charge in [0.05, 0.1) is 12.8 Å². The first kappa shape index (κ1) is 23.6. The van der Waals surface area contributed by atoms with Gasteiger partial charge < -0.3 is 10.6 Å². The fourth-order valence-corrected chi connectivity index (χ4v) is 4.09. The van der Waals surface area contributed by atoms with E-state index in [2.05, 4.69) is 41.8 Å². The summed E-state index contributed by atoms with van der Waals surface area (Å²) < 4.78 is 25.0. The standard InChI is InChI=1S/C21H28N4O2S.HI/c1-17-8-10-18(11-9-17)14-22-21(24-20-6-4-3-5-7-20)23-15-19-12-13-25(16-19)28(2,26)27;/h3-11,19H,12-16H2,1-2H3,(H2,22,23,24);1H. The van der Waals surface area contributed by atoms with Gasteiger partial charge in [0.25, 0.3) is 0 Å². The van der Waals surface area contributed by atoms with Crippen molar-refractivity contribution in [2.24, 2.45) is 10.9 Å². The molecule has 0 aliphatic carbocycles. The number of aryl methyl sites for hydroxylation is 1. The van der Waals surface area contributed by atoms with E-state index in [1.165, 1.54) is 11.8 Å². The normalized spacial score (nSPS) is 17.6. The second-order valence-electron chi connectivity index (χ2n) is 7.30. The summed E-state index contributed by atoms with van der Waals surface area (Å²) in [5.41, 5.74) is 3.33. The Labute approximate surface area is 190 Å². The monoisotopic (exact) mass is 528 g/mol. The van der Waals surface area contributed by atoms with Crippen LogP contribution in [0.4, 0.5) is 5.69 Å². The number of hydrogen-bond acceptors (Lipinski definition) is 3. The van der Waals surface area contributed by atoms with Crippen LogP contribution in [-0.4, -0.2) is 44.6 Å². The first-order chi connectivity index (χ1) is 13.4. The van der Waals surface area contributed by atoms with Crippen LogP contribution >= 0.6 is 24.0 Å². The van der Waals surface area contributed by atoms with Crippen LogP contribution in [-0.2, 0) is 16.6 Å². The third kappa shape index (κ3) is 7.60. The van der Waals surface area contributed by atoms with Crippen molar-refractivity contribution >= 4 is 45.6 Å². The molecule has 8 heteroatoms. The predicted octanol–water partition coefficient (Wildman–Crippen LogP) is 3.45. The first-order valence-corrected chi connectivity index (χ1v) is 11.4. The summed E-state index contributed by atoms with van der Waals surface area (Å²) in [4.78, 5) is 4.71. The number of sulfonamides is 1. The minimum atomic E-state index is -3.11. The van der Waals surface area contributed by atoms with Crippen molar-refractivity contribution in [3.05, 3.63) is 65.7 Å². The molecule has 0 bridgehead atoms. The third-order valence-corrected chi connectivity index (χ3v) is 6.12. The molecule has 29 heavy (non-hydrogen) atoms. The van der Waals surface area contributed by atoms with E-state index < -0.39 is 10.0 Å². The van der Waals surface area contributed by atoms with Crippen LogP contribution in [0, 0.1) is 12.8 Å². The van der Waals surface area contributed by atoms with E-state index in [4.69, 9.17) is 4.99 Å². The second-order valence-corrected chi connectivity index (χ2v) is 9.28. The van der Waals surface area contributed by atoms with E-state index in [1.807, 2.05) is 30.3 Å². The number of guanidine groups is 1. The summed E-state index contributed by atoms with van der Waals surface area (Å²) in [5, 5.41) is 6.71. The topological polar surface area (TPSA) is 73.8 Å². The fraction of sp³-hybridized carbons (Fsp3) is 0.381. The summed E-state index contributed by atoms with van der Waals surface area (Å²) in [6.45, 7) is 4.47. The Bertz CT molecular complexity index is 902. The Kier molecular flexibility index (Phi) is 8.91. The van der Waals surface area contributed by atoms with Crippen molar-refractivity contribution in [1.29, 1.82) is 0 Å². The zero-order chi connectivity index (χ0) is 20.0. The van der Waals surface area contributed by atoms with Crippen LogP contribution in [0.5, 0.6) is 0 Å². The molecular formula is C21H29IN4O2S. The lowest BCUT2D eigenvalue weighted by atomic mass is 10.1. The summed E-state index contributed by atoms with van der Waals surface area (Å²) in [7, 11) is -3.11. The van der Waals surface area contributed by atoms with E-state index in [0.717, 1.165) is 17.7 Å². The number of para-hydroxylation sites is 1. The van der Waals surface area contributed by atoms with Gasteiger partial charge in [-0.1, -0.05) is 48.0 Å². The lowest BCUT2D eigenvalue weighted by Crippen LogP contribution is -2.36. The van der Waals surface area contributed by atoms with Crippen LogP contribution in [0.25, 0.3) is 0 Å². The van der Waals surface area contributed by atoms with Crippen molar-refractivity contribution in [2.75, 3.05) is 31.2 Å². The summed E-state index contributed by atoms with van der Waals surface area (Å²) in [6, 6.07) is 18.2. The highest BCUT2D eigenvalue weighted by Gasteiger charge is 2.28. The van der Waals surface area contributed by atoms with Crippen LogP contribution in [0.15, 0.2) is 59.6 Å². The molecule has 2 aromatic carbocycles. The van der Waals surface area contributed by atoms with E-state index in [1.54, 1.807) is 4.31 Å². The van der Waals surface area contributed by atoms with Gasteiger partial charge in [-0.2, -0.15) is 0 Å². The molecular weight excluding hydrogens is 499 g/mol. The van der Waals surface area contributed by atoms with Gasteiger partial charge in [-0.25, -0.2) is 17.7 Å². The van der Waals surface area contributed by atoms with Gasteiger partial charge in [0.2, 0.25) is 10.0 Å². The number of benzene rings is 2. The Morgan fingerprint density at radius 3 is 2.45 bits per heavy atom. The zero-order valence-electron chi connectivity index (χ0n) is 16.8. The molecule has 1 heterocycles. The molecule has 0 amide bonds. The van der Waals surface area contributed by atoms with Crippen LogP contribution < -0.4 is 10.6 Å². The van der Waals surface area contributed by atoms with Crippen molar-refractivity contribution in [2.45, 2.75) is 19.9 Å². The minimum Gasteiger partial charge on any atom is -0.356 e. The number of anilines is 1. The maximum atomic E-state index is 11.7. The fourth-order valence-electron chi connectivity index (χ4n) is 3.17. The summed E-state index contributed by atoms with van der Waals surface area (Å²) in [6.07, 6.45) is 2.13. The molecule has 0 spiro atoms. The van der Waals surface area contributed by atoms with E-state index in [9.17, 15) is 8.42 Å². The predicted molar refractivity (Wildman–Crippen MR) is 130 cm³/mol. The molecule has 0 aromatic heterocycles. The van der Waals surface area contributed by atoms with Gasteiger partial charge in [0, 0.05) is 25.3 Å². The van der Waals surface area contributed by atoms with Crippen molar-refractivity contribution in [3.8, 4) is 0 Å². The molecule has 158 valence electrons. The maximum Gasteiger partial charge on any atom is 0.211 e. The van der Waals surface area contributed by atoms with Gasteiger partial charge >= 0.3 is 0 Å². The Balaban J connectivity index is 0.00000300. The van der Waals surface area contributed by atoms with Gasteiger partial charge in [-0.15, -0.1) is 24.0 Å². The lowest BCUT2D eigenvalue weighted by molar-refractivity contribution is 0.459. The number of nitrogens with one attached hydrogen (secondary N) is 2. The second kappa shape index (κ2) is 10.9. The molecule has 1 aliphatic rings. The molecule has 1 fully saturated rings. The van der Waals surface area contributed by atoms with Crippen LogP contribution in [0.3, 0.4) is 0 Å². The van der Waals surface area contributed by atoms with Gasteiger partial charge in [-0.3, -0.25) is 0 Å². The average Bonchev–Trinajstić information content (AvgIpc) is 3.16. The maximum absolute atomic E-state index is 11.7. The minimum absolute atomic E-state index is 0. The molecule has 1 atom stereocenters. The molecule has 0 radical (unpaired) electrons. The number of nitrogens with zero attached hydrogens (tertiary/aromatic N) is 2. The van der Waals surface area contributed by atoms with Crippen LogP contribution in [0.1, 0.15) is 17.5 Å². The molecule has 0 saturated carbocycles. The van der Waals surface area contributed by atoms with Crippen molar-refractivity contribution in [1.82, 2.24) is 9.62 Å². The van der Waals surface area contributed by atoms with Crippen molar-refractivity contribution in [3.63, 3.8) is 0 Å². The Morgan fingerprint density at radius 1 is 1.14 bits per heavy atom. The summed E-state index contributed by atoms with van der Waals surface area (Å²) >= 11 is 0. The Morgan fingerprint density at radius 2 is 1.83 bits per heavy atom. The van der Waals surface area contributed by atoms with Gasteiger partial charge in [0.15, 0.2) is 5.96 Å². The highest BCUT2D eigenvalue weighted by Crippen LogP contribution is 2.18. The lowest BCUT2D eigenvalue weighted by Gasteiger charge is -2.17. The highest BCUT2D eigenvalue weighted by molar-refractivity contribution is 14.0. The van der Waals surface area contributed by atoms with E-state index in [0.29, 0.717) is 32.1 Å². The molecule has 6 nitrogen and oxygen atoms in total. The third-order valence-electron chi connectivity index (χ3n) is 4.85. The smallest absolute Gasteiger partial charge is 0.211 e. The number of halogens is 1. The number of hydrogen-bond donors (Lipinski definition) is 2. The van der Waals surface area contributed by atoms with Crippen molar-refractivity contribution < 1.29 is 8.42 Å². The first-order valence-electron chi connectivity index (χ1n) is 9.51. The van der Waals surface area contributed by atoms with Crippen LogP contribution in [0.2, 0.25) is 0 Å². The average molecular weight is 528 g/mol. The molecule has 1 aliphatic heterocycles. The molecule has 1 saturated heterocycles. The number of rotatable bonds is 6. The Hall–Kier alpha value is -1.65. The molecule has 3 rings (SSSR count). The largest absolute Gasteiger partial charge is 0.356 e.